The topological polar surface area (TPSA) is 35.9 Å². The Balaban J connectivity index is 0.00000196. The van der Waals surface area contributed by atoms with E-state index in [1.165, 1.54) is 6.07 Å². The molecule has 1 fully saturated rings. The van der Waals surface area contributed by atoms with Crippen LogP contribution in [0.2, 0.25) is 0 Å². The van der Waals surface area contributed by atoms with Crippen molar-refractivity contribution in [1.29, 1.82) is 0 Å². The van der Waals surface area contributed by atoms with Crippen molar-refractivity contribution < 1.29 is 14.2 Å². The molecular formula is C21H29Cl2FN2O2. The van der Waals surface area contributed by atoms with Crippen LogP contribution in [0.4, 0.5) is 10.1 Å². The Kier molecular flexibility index (Phi) is 10.0. The molecule has 1 saturated heterocycles. The average molecular weight is 431 g/mol. The minimum absolute atomic E-state index is 0. The van der Waals surface area contributed by atoms with Crippen molar-refractivity contribution in [3.05, 3.63) is 59.4 Å². The van der Waals surface area contributed by atoms with Crippen LogP contribution in [0.5, 0.6) is 5.75 Å². The van der Waals surface area contributed by atoms with Gasteiger partial charge in [0.1, 0.15) is 24.3 Å². The van der Waals surface area contributed by atoms with Gasteiger partial charge in [0.25, 0.3) is 0 Å². The quantitative estimate of drug-likeness (QED) is 0.754. The zero-order chi connectivity index (χ0) is 18.5. The fourth-order valence-electron chi connectivity index (χ4n) is 3.44. The number of ether oxygens (including phenoxy) is 1. The van der Waals surface area contributed by atoms with E-state index in [0.717, 1.165) is 43.1 Å². The highest BCUT2D eigenvalue weighted by atomic mass is 35.5. The molecule has 28 heavy (non-hydrogen) atoms. The summed E-state index contributed by atoms with van der Waals surface area (Å²) >= 11 is 0. The fraction of sp³-hybridized carbons (Fsp3) is 0.429. The number of anilines is 1. The van der Waals surface area contributed by atoms with E-state index in [1.54, 1.807) is 6.07 Å². The van der Waals surface area contributed by atoms with Crippen molar-refractivity contribution in [1.82, 2.24) is 4.90 Å². The SMILES string of the molecule is Cc1cc(C)cc(OCC(O)CN2CCN(c3ccccc3F)CC2)c1.Cl.Cl. The first-order valence-corrected chi connectivity index (χ1v) is 9.12. The van der Waals surface area contributed by atoms with E-state index < -0.39 is 6.10 Å². The Morgan fingerprint density at radius 2 is 1.61 bits per heavy atom. The van der Waals surface area contributed by atoms with Crippen LogP contribution in [0, 0.1) is 19.7 Å². The Morgan fingerprint density at radius 3 is 2.21 bits per heavy atom. The number of hydrogen-bond donors (Lipinski definition) is 1. The third-order valence-electron chi connectivity index (χ3n) is 4.67. The summed E-state index contributed by atoms with van der Waals surface area (Å²) in [5.41, 5.74) is 2.96. The largest absolute Gasteiger partial charge is 0.491 e. The summed E-state index contributed by atoms with van der Waals surface area (Å²) in [6, 6.07) is 12.9. The van der Waals surface area contributed by atoms with Crippen LogP contribution in [-0.2, 0) is 0 Å². The maximum Gasteiger partial charge on any atom is 0.146 e. The molecule has 156 valence electrons. The van der Waals surface area contributed by atoms with Crippen LogP contribution in [0.15, 0.2) is 42.5 Å². The van der Waals surface area contributed by atoms with Gasteiger partial charge < -0.3 is 14.7 Å². The lowest BCUT2D eigenvalue weighted by molar-refractivity contribution is 0.0662. The van der Waals surface area contributed by atoms with Crippen LogP contribution in [0.25, 0.3) is 0 Å². The fourth-order valence-corrected chi connectivity index (χ4v) is 3.44. The highest BCUT2D eigenvalue weighted by Gasteiger charge is 2.21. The van der Waals surface area contributed by atoms with Crippen molar-refractivity contribution in [3.63, 3.8) is 0 Å². The van der Waals surface area contributed by atoms with Gasteiger partial charge in [-0.2, -0.15) is 0 Å². The lowest BCUT2D eigenvalue weighted by atomic mass is 10.1. The number of benzene rings is 2. The molecule has 7 heteroatoms. The maximum absolute atomic E-state index is 13.9. The molecule has 4 nitrogen and oxygen atoms in total. The standard InChI is InChI=1S/C21H27FN2O2.2ClH/c1-16-11-17(2)13-19(12-16)26-15-18(25)14-23-7-9-24(10-8-23)21-6-4-3-5-20(21)22;;/h3-6,11-13,18,25H,7-10,14-15H2,1-2H3;2*1H. The van der Waals surface area contributed by atoms with E-state index in [-0.39, 0.29) is 37.2 Å². The second-order valence-electron chi connectivity index (χ2n) is 7.03. The molecule has 0 aliphatic carbocycles. The molecule has 0 radical (unpaired) electrons. The normalized spacial score (nSPS) is 15.4. The molecule has 1 atom stereocenters. The zero-order valence-corrected chi connectivity index (χ0v) is 17.9. The molecular weight excluding hydrogens is 402 g/mol. The number of rotatable bonds is 6. The Morgan fingerprint density at radius 1 is 1.00 bits per heavy atom. The van der Waals surface area contributed by atoms with Crippen molar-refractivity contribution in [3.8, 4) is 5.75 Å². The second kappa shape index (κ2) is 11.5. The molecule has 0 aromatic heterocycles. The summed E-state index contributed by atoms with van der Waals surface area (Å²) in [6.07, 6.45) is -0.546. The summed E-state index contributed by atoms with van der Waals surface area (Å²) in [5.74, 6) is 0.619. The Bertz CT molecular complexity index is 720. The van der Waals surface area contributed by atoms with Gasteiger partial charge in [0.2, 0.25) is 0 Å². The number of nitrogens with zero attached hydrogens (tertiary/aromatic N) is 2. The van der Waals surface area contributed by atoms with Gasteiger partial charge in [-0.3, -0.25) is 4.90 Å². The lowest BCUT2D eigenvalue weighted by Gasteiger charge is -2.36. The first-order chi connectivity index (χ1) is 12.5. The van der Waals surface area contributed by atoms with Gasteiger partial charge in [-0.1, -0.05) is 18.2 Å². The molecule has 1 N–H and O–H groups in total. The number of hydrogen-bond acceptors (Lipinski definition) is 4. The minimum Gasteiger partial charge on any atom is -0.491 e. The van der Waals surface area contributed by atoms with Crippen LogP contribution in [-0.4, -0.2) is 55.4 Å². The van der Waals surface area contributed by atoms with E-state index in [9.17, 15) is 9.50 Å². The predicted molar refractivity (Wildman–Crippen MR) is 117 cm³/mol. The molecule has 0 bridgehead atoms. The summed E-state index contributed by atoms with van der Waals surface area (Å²) in [5, 5.41) is 10.3. The monoisotopic (exact) mass is 430 g/mol. The molecule has 0 amide bonds. The van der Waals surface area contributed by atoms with Crippen molar-refractivity contribution >= 4 is 30.5 Å². The van der Waals surface area contributed by atoms with Crippen LogP contribution >= 0.6 is 24.8 Å². The smallest absolute Gasteiger partial charge is 0.146 e. The van der Waals surface area contributed by atoms with Gasteiger partial charge in [-0.15, -0.1) is 24.8 Å². The molecule has 1 unspecified atom stereocenters. The number of aliphatic hydroxyl groups is 1. The number of piperazine rings is 1. The number of β-amino-alcohol motifs (C(OH)–C–C–N with tert-alkyl or cyclic N) is 1. The highest BCUT2D eigenvalue weighted by molar-refractivity contribution is 5.85. The van der Waals surface area contributed by atoms with E-state index >= 15 is 0 Å². The first kappa shape index (κ1) is 24.5. The summed E-state index contributed by atoms with van der Waals surface area (Å²) in [6.45, 7) is 8.02. The Hall–Kier alpha value is -1.53. The van der Waals surface area contributed by atoms with E-state index in [2.05, 4.69) is 15.9 Å². The molecule has 2 aromatic carbocycles. The summed E-state index contributed by atoms with van der Waals surface area (Å²) < 4.78 is 19.6. The molecule has 1 aliphatic heterocycles. The van der Waals surface area contributed by atoms with Crippen molar-refractivity contribution in [2.45, 2.75) is 20.0 Å². The number of aliphatic hydroxyl groups excluding tert-OH is 1. The highest BCUT2D eigenvalue weighted by Crippen LogP contribution is 2.20. The average Bonchev–Trinajstić information content (AvgIpc) is 2.60. The minimum atomic E-state index is -0.546. The van der Waals surface area contributed by atoms with E-state index in [4.69, 9.17) is 4.74 Å². The second-order valence-corrected chi connectivity index (χ2v) is 7.03. The first-order valence-electron chi connectivity index (χ1n) is 9.12. The molecule has 1 aliphatic rings. The number of aryl methyl sites for hydroxylation is 2. The van der Waals surface area contributed by atoms with Gasteiger partial charge in [-0.25, -0.2) is 4.39 Å². The Labute approximate surface area is 179 Å². The van der Waals surface area contributed by atoms with Crippen LogP contribution in [0.1, 0.15) is 11.1 Å². The van der Waals surface area contributed by atoms with Crippen LogP contribution in [0.3, 0.4) is 0 Å². The third-order valence-corrected chi connectivity index (χ3v) is 4.67. The van der Waals surface area contributed by atoms with Gasteiger partial charge in [0.15, 0.2) is 0 Å². The summed E-state index contributed by atoms with van der Waals surface area (Å²) in [4.78, 5) is 4.26. The molecule has 2 aromatic rings. The van der Waals surface area contributed by atoms with Gasteiger partial charge in [-0.05, 0) is 49.2 Å². The number of para-hydroxylation sites is 1. The molecule has 0 saturated carbocycles. The summed E-state index contributed by atoms with van der Waals surface area (Å²) in [7, 11) is 0. The van der Waals surface area contributed by atoms with Gasteiger partial charge in [0, 0.05) is 32.7 Å². The van der Waals surface area contributed by atoms with Crippen molar-refractivity contribution in [2.24, 2.45) is 0 Å². The van der Waals surface area contributed by atoms with E-state index in [0.29, 0.717) is 12.2 Å². The third kappa shape index (κ3) is 6.82. The van der Waals surface area contributed by atoms with Gasteiger partial charge >= 0.3 is 0 Å². The lowest BCUT2D eigenvalue weighted by Crippen LogP contribution is -2.49. The molecule has 1 heterocycles. The predicted octanol–water partition coefficient (Wildman–Crippen LogP) is 3.85. The van der Waals surface area contributed by atoms with Gasteiger partial charge in [0.05, 0.1) is 5.69 Å². The molecule has 3 rings (SSSR count). The maximum atomic E-state index is 13.9. The molecule has 0 spiro atoms. The zero-order valence-electron chi connectivity index (χ0n) is 16.3. The number of halogens is 3. The van der Waals surface area contributed by atoms with Crippen molar-refractivity contribution in [2.75, 3.05) is 44.2 Å². The van der Waals surface area contributed by atoms with E-state index in [1.807, 2.05) is 38.1 Å². The van der Waals surface area contributed by atoms with Crippen LogP contribution < -0.4 is 9.64 Å².